The quantitative estimate of drug-likeness (QED) is 0.769. The van der Waals surface area contributed by atoms with Crippen molar-refractivity contribution in [2.75, 3.05) is 11.1 Å². The van der Waals surface area contributed by atoms with Gasteiger partial charge >= 0.3 is 0 Å². The number of pyridine rings is 1. The highest BCUT2D eigenvalue weighted by molar-refractivity contribution is 9.10. The molecule has 0 saturated heterocycles. The molecule has 7 nitrogen and oxygen atoms in total. The van der Waals surface area contributed by atoms with Gasteiger partial charge in [-0.15, -0.1) is 5.10 Å². The first-order chi connectivity index (χ1) is 8.06. The summed E-state index contributed by atoms with van der Waals surface area (Å²) in [5, 5.41) is 8.60. The number of nitrogen functional groups attached to an aromatic ring is 1. The lowest BCUT2D eigenvalue weighted by molar-refractivity contribution is 0.101. The van der Waals surface area contributed by atoms with E-state index in [1.165, 1.54) is 0 Å². The van der Waals surface area contributed by atoms with Gasteiger partial charge in [0.05, 0.1) is 0 Å². The Morgan fingerprint density at radius 3 is 2.94 bits per heavy atom. The van der Waals surface area contributed by atoms with Crippen molar-refractivity contribution < 1.29 is 4.79 Å². The fraction of sp³-hybridized carbons (Fsp3) is 0.111. The van der Waals surface area contributed by atoms with Crippen LogP contribution in [0.2, 0.25) is 0 Å². The van der Waals surface area contributed by atoms with Gasteiger partial charge in [0.25, 0.3) is 5.91 Å². The topological polar surface area (TPSA) is 110 Å². The number of H-pyrrole nitrogens is 1. The second-order valence-electron chi connectivity index (χ2n) is 3.32. The number of rotatable bonds is 2. The molecule has 2 aromatic heterocycles. The Bertz CT molecular complexity index is 566. The molecule has 0 saturated carbocycles. The maximum atomic E-state index is 11.7. The SMILES string of the molecule is Cc1cc(Br)cnc1NC(=O)c1nc(N)n[nH]1. The highest BCUT2D eigenvalue weighted by Gasteiger charge is 2.12. The molecule has 0 spiro atoms. The summed E-state index contributed by atoms with van der Waals surface area (Å²) >= 11 is 3.29. The highest BCUT2D eigenvalue weighted by atomic mass is 79.9. The molecule has 0 fully saturated rings. The summed E-state index contributed by atoms with van der Waals surface area (Å²) in [4.78, 5) is 19.5. The Morgan fingerprint density at radius 2 is 2.35 bits per heavy atom. The van der Waals surface area contributed by atoms with Crippen LogP contribution in [0.1, 0.15) is 16.2 Å². The smallest absolute Gasteiger partial charge is 0.294 e. The van der Waals surface area contributed by atoms with E-state index >= 15 is 0 Å². The van der Waals surface area contributed by atoms with E-state index in [0.717, 1.165) is 10.0 Å². The predicted molar refractivity (Wildman–Crippen MR) is 65.4 cm³/mol. The normalized spacial score (nSPS) is 10.2. The largest absolute Gasteiger partial charge is 0.366 e. The third-order valence-corrected chi connectivity index (χ3v) is 2.43. The summed E-state index contributed by atoms with van der Waals surface area (Å²) in [7, 11) is 0. The Morgan fingerprint density at radius 1 is 1.59 bits per heavy atom. The monoisotopic (exact) mass is 296 g/mol. The second-order valence-corrected chi connectivity index (χ2v) is 4.23. The van der Waals surface area contributed by atoms with E-state index < -0.39 is 5.91 Å². The first-order valence-corrected chi connectivity index (χ1v) is 5.47. The van der Waals surface area contributed by atoms with Crippen LogP contribution in [0, 0.1) is 6.92 Å². The summed E-state index contributed by atoms with van der Waals surface area (Å²) in [5.74, 6) is 0.0996. The third-order valence-electron chi connectivity index (χ3n) is 1.99. The van der Waals surface area contributed by atoms with E-state index in [9.17, 15) is 4.79 Å². The van der Waals surface area contributed by atoms with E-state index in [2.05, 4.69) is 41.4 Å². The molecule has 0 unspecified atom stereocenters. The molecule has 0 aliphatic carbocycles. The number of nitrogens with zero attached hydrogens (tertiary/aromatic N) is 3. The summed E-state index contributed by atoms with van der Waals surface area (Å²) < 4.78 is 0.844. The van der Waals surface area contributed by atoms with Gasteiger partial charge in [-0.1, -0.05) is 0 Å². The zero-order valence-corrected chi connectivity index (χ0v) is 10.4. The van der Waals surface area contributed by atoms with E-state index in [0.29, 0.717) is 5.82 Å². The molecule has 2 heterocycles. The number of carbonyl (C=O) groups is 1. The van der Waals surface area contributed by atoms with Crippen molar-refractivity contribution >= 4 is 33.6 Å². The zero-order chi connectivity index (χ0) is 12.4. The van der Waals surface area contributed by atoms with Crippen LogP contribution >= 0.6 is 15.9 Å². The van der Waals surface area contributed by atoms with Crippen LogP contribution in [0.4, 0.5) is 11.8 Å². The highest BCUT2D eigenvalue weighted by Crippen LogP contribution is 2.17. The Kier molecular flexibility index (Phi) is 3.05. The summed E-state index contributed by atoms with van der Waals surface area (Å²) in [6.07, 6.45) is 1.59. The standard InChI is InChI=1S/C9H9BrN6O/c1-4-2-5(10)3-12-6(4)13-8(17)7-14-9(11)16-15-7/h2-3H,1H3,(H,12,13,17)(H3,11,14,15,16). The Hall–Kier alpha value is -1.96. The Balaban J connectivity index is 2.18. The number of carbonyl (C=O) groups excluding carboxylic acids is 1. The lowest BCUT2D eigenvalue weighted by atomic mass is 10.3. The van der Waals surface area contributed by atoms with E-state index in [-0.39, 0.29) is 11.8 Å². The molecule has 2 aromatic rings. The van der Waals surface area contributed by atoms with Gasteiger partial charge in [0.15, 0.2) is 0 Å². The maximum Gasteiger partial charge on any atom is 0.294 e. The molecule has 0 aromatic carbocycles. The number of anilines is 2. The van der Waals surface area contributed by atoms with Gasteiger partial charge in [-0.05, 0) is 34.5 Å². The molecule has 0 aliphatic rings. The molecule has 17 heavy (non-hydrogen) atoms. The van der Waals surface area contributed by atoms with Crippen LogP contribution in [-0.4, -0.2) is 26.1 Å². The van der Waals surface area contributed by atoms with E-state index in [1.807, 2.05) is 13.0 Å². The number of aromatic nitrogens is 4. The van der Waals surface area contributed by atoms with Gasteiger partial charge in [0.2, 0.25) is 11.8 Å². The molecule has 8 heteroatoms. The van der Waals surface area contributed by atoms with Crippen molar-refractivity contribution in [1.82, 2.24) is 20.2 Å². The number of amides is 1. The van der Waals surface area contributed by atoms with Crippen LogP contribution in [-0.2, 0) is 0 Å². The number of aryl methyl sites for hydroxylation is 1. The van der Waals surface area contributed by atoms with Crippen LogP contribution in [0.3, 0.4) is 0 Å². The van der Waals surface area contributed by atoms with Gasteiger partial charge in [-0.3, -0.25) is 9.89 Å². The number of halogens is 1. The summed E-state index contributed by atoms with van der Waals surface area (Å²) in [6.45, 7) is 1.84. The maximum absolute atomic E-state index is 11.7. The van der Waals surface area contributed by atoms with Crippen molar-refractivity contribution in [2.45, 2.75) is 6.92 Å². The lowest BCUT2D eigenvalue weighted by Gasteiger charge is -2.05. The minimum Gasteiger partial charge on any atom is -0.366 e. The molecule has 88 valence electrons. The molecule has 0 atom stereocenters. The first-order valence-electron chi connectivity index (χ1n) is 4.67. The van der Waals surface area contributed by atoms with Crippen LogP contribution in [0.15, 0.2) is 16.7 Å². The molecule has 0 aliphatic heterocycles. The Labute approximate surface area is 105 Å². The van der Waals surface area contributed by atoms with Crippen molar-refractivity contribution in [3.63, 3.8) is 0 Å². The minimum atomic E-state index is -0.438. The summed E-state index contributed by atoms with van der Waals surface area (Å²) in [5.41, 5.74) is 6.14. The molecule has 0 bridgehead atoms. The molecular weight excluding hydrogens is 288 g/mol. The first kappa shape index (κ1) is 11.5. The fourth-order valence-corrected chi connectivity index (χ4v) is 1.66. The number of hydrogen-bond donors (Lipinski definition) is 3. The van der Waals surface area contributed by atoms with E-state index in [4.69, 9.17) is 5.73 Å². The van der Waals surface area contributed by atoms with Crippen molar-refractivity contribution in [3.05, 3.63) is 28.1 Å². The van der Waals surface area contributed by atoms with Crippen molar-refractivity contribution in [2.24, 2.45) is 0 Å². The number of nitrogens with one attached hydrogen (secondary N) is 2. The van der Waals surface area contributed by atoms with Gasteiger partial charge in [-0.25, -0.2) is 4.98 Å². The van der Waals surface area contributed by atoms with Crippen LogP contribution in [0.25, 0.3) is 0 Å². The number of hydrogen-bond acceptors (Lipinski definition) is 5. The van der Waals surface area contributed by atoms with Gasteiger partial charge in [0, 0.05) is 10.7 Å². The van der Waals surface area contributed by atoms with Gasteiger partial charge < -0.3 is 11.1 Å². The fourth-order valence-electron chi connectivity index (χ4n) is 1.21. The summed E-state index contributed by atoms with van der Waals surface area (Å²) in [6, 6.07) is 1.84. The van der Waals surface area contributed by atoms with Gasteiger partial charge in [0.1, 0.15) is 5.82 Å². The van der Waals surface area contributed by atoms with Crippen molar-refractivity contribution in [3.8, 4) is 0 Å². The van der Waals surface area contributed by atoms with Crippen molar-refractivity contribution in [1.29, 1.82) is 0 Å². The molecular formula is C9H9BrN6O. The zero-order valence-electron chi connectivity index (χ0n) is 8.86. The second kappa shape index (κ2) is 4.50. The number of nitrogens with two attached hydrogens (primary N) is 1. The average molecular weight is 297 g/mol. The average Bonchev–Trinajstić information content (AvgIpc) is 2.69. The predicted octanol–water partition coefficient (Wildman–Crippen LogP) is 1.11. The number of aromatic amines is 1. The van der Waals surface area contributed by atoms with Gasteiger partial charge in [-0.2, -0.15) is 4.98 Å². The lowest BCUT2D eigenvalue weighted by Crippen LogP contribution is -2.15. The molecule has 4 N–H and O–H groups in total. The van der Waals surface area contributed by atoms with Crippen LogP contribution in [0.5, 0.6) is 0 Å². The third kappa shape index (κ3) is 2.59. The minimum absolute atomic E-state index is 0.0237. The van der Waals surface area contributed by atoms with E-state index in [1.54, 1.807) is 6.20 Å². The molecule has 0 radical (unpaired) electrons. The molecule has 2 rings (SSSR count). The molecule has 1 amide bonds. The van der Waals surface area contributed by atoms with Crippen LogP contribution < -0.4 is 11.1 Å².